The van der Waals surface area contributed by atoms with E-state index in [1.165, 1.54) is 64.7 Å². The van der Waals surface area contributed by atoms with Gasteiger partial charge in [0.05, 0.1) is 7.11 Å². The summed E-state index contributed by atoms with van der Waals surface area (Å²) in [5.41, 5.74) is 2.66. The maximum Gasteiger partial charge on any atom is 0.302 e. The molecule has 0 aliphatic heterocycles. The number of esters is 1. The van der Waals surface area contributed by atoms with Crippen LogP contribution in [0.5, 0.6) is 0 Å². The van der Waals surface area contributed by atoms with Gasteiger partial charge in [0.1, 0.15) is 5.78 Å². The minimum Gasteiger partial charge on any atom is -0.469 e. The Hall–Kier alpha value is -1.68. The average Bonchev–Trinajstić information content (AvgIpc) is 2.61. The van der Waals surface area contributed by atoms with E-state index in [2.05, 4.69) is 61.4 Å². The zero-order valence-electron chi connectivity index (χ0n) is 19.9. The third-order valence-electron chi connectivity index (χ3n) is 3.81. The van der Waals surface area contributed by atoms with Crippen molar-refractivity contribution in [3.63, 3.8) is 0 Å². The van der Waals surface area contributed by atoms with Crippen molar-refractivity contribution in [3.05, 3.63) is 35.4 Å². The van der Waals surface area contributed by atoms with Crippen LogP contribution in [0.25, 0.3) is 0 Å². The first-order valence-corrected chi connectivity index (χ1v) is 9.95. The van der Waals surface area contributed by atoms with Crippen LogP contribution in [0.4, 0.5) is 0 Å². The van der Waals surface area contributed by atoms with Gasteiger partial charge in [0.25, 0.3) is 0 Å². The number of hydrogen-bond acceptors (Lipinski definition) is 4. The summed E-state index contributed by atoms with van der Waals surface area (Å²) in [5, 5.41) is 0. The quantitative estimate of drug-likeness (QED) is 0.350. The van der Waals surface area contributed by atoms with E-state index in [4.69, 9.17) is 0 Å². The van der Waals surface area contributed by atoms with Gasteiger partial charge >= 0.3 is 5.97 Å². The Labute approximate surface area is 210 Å². The van der Waals surface area contributed by atoms with Crippen molar-refractivity contribution in [2.24, 2.45) is 11.8 Å². The highest BCUT2D eigenvalue weighted by Crippen LogP contribution is 2.27. The number of hydrogen-bond donors (Lipinski definition) is 0. The minimum absolute atomic E-state index is 0. The summed E-state index contributed by atoms with van der Waals surface area (Å²) in [7, 11) is 4.60. The second-order valence-corrected chi connectivity index (χ2v) is 7.53. The number of rotatable bonds is 0. The minimum atomic E-state index is -0.245. The number of methoxy groups -OCH3 is 2. The molecule has 0 saturated heterocycles. The third-order valence-corrected chi connectivity index (χ3v) is 3.81. The van der Waals surface area contributed by atoms with Gasteiger partial charge < -0.3 is 14.3 Å². The molecule has 2 rings (SSSR count). The summed E-state index contributed by atoms with van der Waals surface area (Å²) < 4.78 is 8.36. The Morgan fingerprint density at radius 3 is 0.939 bits per heavy atom. The Bertz CT molecular complexity index is 438. The maximum absolute atomic E-state index is 9.59. The second-order valence-electron chi connectivity index (χ2n) is 7.53. The number of carbonyl (C=O) groups is 2. The van der Waals surface area contributed by atoms with Crippen molar-refractivity contribution >= 4 is 11.8 Å². The fraction of sp³-hybridized carbons (Fsp3) is 0.724. The van der Waals surface area contributed by atoms with Crippen LogP contribution in [-0.2, 0) is 19.1 Å². The van der Waals surface area contributed by atoms with E-state index in [9.17, 15) is 9.59 Å². The molecule has 0 heterocycles. The number of aryl methyl sites for hydroxylation is 2. The van der Waals surface area contributed by atoms with Crippen molar-refractivity contribution in [2.45, 2.75) is 111 Å². The Morgan fingerprint density at radius 2 is 0.818 bits per heavy atom. The van der Waals surface area contributed by atoms with E-state index in [0.717, 1.165) is 11.8 Å². The van der Waals surface area contributed by atoms with Gasteiger partial charge in [-0.2, -0.15) is 0 Å². The Balaban J connectivity index is -0.0000000397. The fourth-order valence-electron chi connectivity index (χ4n) is 2.06. The van der Waals surface area contributed by atoms with Gasteiger partial charge in [-0.15, -0.1) is 0 Å². The molecule has 1 saturated carbocycles. The molecule has 0 spiro atoms. The lowest BCUT2D eigenvalue weighted by Crippen LogP contribution is -2.08. The molecule has 0 amide bonds. The van der Waals surface area contributed by atoms with Crippen LogP contribution in [0, 0.1) is 25.7 Å². The standard InChI is InChI=1S/C8H16.C8H10.C3H6O2.C3H6O.C2H6O.5CH4/c2*1-7-3-5-8(2)6-4-7;1-3(4)5-2;1-3(2)4;1-3-2;;;;;/h7-8H,3-6H2,1-2H3;3-6H,1-2H3;1-2H3;1-2H3;1-2H3;5*1H4. The second kappa shape index (κ2) is 37.6. The van der Waals surface area contributed by atoms with Crippen molar-refractivity contribution in [2.75, 3.05) is 21.3 Å². The summed E-state index contributed by atoms with van der Waals surface area (Å²) in [4.78, 5) is 19.0. The summed E-state index contributed by atoms with van der Waals surface area (Å²) in [6.07, 6.45) is 5.89. The zero-order valence-corrected chi connectivity index (χ0v) is 19.9. The van der Waals surface area contributed by atoms with Gasteiger partial charge in [0, 0.05) is 21.1 Å². The number of Topliss-reactive ketones (excluding diaryl/α,β-unsaturated/α-hetero) is 1. The predicted octanol–water partition coefficient (Wildman–Crippen LogP) is 9.35. The van der Waals surface area contributed by atoms with E-state index in [-0.39, 0.29) is 48.9 Å². The van der Waals surface area contributed by atoms with Gasteiger partial charge in [0.15, 0.2) is 0 Å². The molecule has 0 unspecified atom stereocenters. The lowest BCUT2D eigenvalue weighted by Gasteiger charge is -2.22. The molecule has 0 atom stereocenters. The number of ketones is 1. The molecule has 0 aromatic heterocycles. The molecule has 1 aromatic carbocycles. The van der Waals surface area contributed by atoms with Crippen molar-refractivity contribution in [1.29, 1.82) is 0 Å². The van der Waals surface area contributed by atoms with Crippen LogP contribution in [0.15, 0.2) is 24.3 Å². The highest BCUT2D eigenvalue weighted by atomic mass is 16.5. The molecule has 4 nitrogen and oxygen atoms in total. The first-order chi connectivity index (χ1) is 13.0. The van der Waals surface area contributed by atoms with Crippen molar-refractivity contribution in [1.82, 2.24) is 0 Å². The van der Waals surface area contributed by atoms with Crippen molar-refractivity contribution in [3.8, 4) is 0 Å². The zero-order chi connectivity index (χ0) is 22.5. The van der Waals surface area contributed by atoms with Gasteiger partial charge in [0.2, 0.25) is 0 Å². The molecule has 0 N–H and O–H groups in total. The van der Waals surface area contributed by atoms with Crippen LogP contribution in [0.1, 0.15) is 109 Å². The topological polar surface area (TPSA) is 52.6 Å². The highest BCUT2D eigenvalue weighted by molar-refractivity contribution is 5.72. The number of benzene rings is 1. The molecule has 0 bridgehead atoms. The first kappa shape index (κ1) is 52.9. The fourth-order valence-corrected chi connectivity index (χ4v) is 2.06. The van der Waals surface area contributed by atoms with Gasteiger partial charge in [-0.25, -0.2) is 0 Å². The molecule has 1 aromatic rings. The molecule has 1 fully saturated rings. The molecule has 1 aliphatic carbocycles. The number of carbonyl (C=O) groups excluding carboxylic acids is 2. The summed E-state index contributed by atoms with van der Waals surface area (Å²) in [6.45, 7) is 13.3. The van der Waals surface area contributed by atoms with Crippen LogP contribution < -0.4 is 0 Å². The smallest absolute Gasteiger partial charge is 0.302 e. The van der Waals surface area contributed by atoms with E-state index in [1.807, 2.05) is 0 Å². The van der Waals surface area contributed by atoms with E-state index in [1.54, 1.807) is 14.2 Å². The monoisotopic (exact) mass is 476 g/mol. The molecule has 1 aliphatic rings. The van der Waals surface area contributed by atoms with Crippen LogP contribution in [-0.4, -0.2) is 33.1 Å². The van der Waals surface area contributed by atoms with Crippen LogP contribution >= 0.6 is 0 Å². The summed E-state index contributed by atoms with van der Waals surface area (Å²) in [5.74, 6) is 1.96. The third kappa shape index (κ3) is 58.9. The van der Waals surface area contributed by atoms with Gasteiger partial charge in [-0.3, -0.25) is 4.79 Å². The molecular formula is C29H64O4. The van der Waals surface area contributed by atoms with Crippen LogP contribution in [0.2, 0.25) is 0 Å². The molecule has 4 heteroatoms. The normalized spacial score (nSPS) is 14.2. The SMILES string of the molecule is C.C.C.C.C.CC(C)=O.CC1CCC(C)CC1.COC.COC(C)=O.Cc1ccc(C)cc1. The molecular weight excluding hydrogens is 412 g/mol. The number of ether oxygens (including phenoxy) is 2. The molecule has 33 heavy (non-hydrogen) atoms. The first-order valence-electron chi connectivity index (χ1n) is 9.95. The van der Waals surface area contributed by atoms with E-state index < -0.39 is 0 Å². The van der Waals surface area contributed by atoms with Gasteiger partial charge in [-0.05, 0) is 39.5 Å². The van der Waals surface area contributed by atoms with Gasteiger partial charge in [-0.1, -0.05) is 112 Å². The maximum atomic E-state index is 9.59. The highest BCUT2D eigenvalue weighted by Gasteiger charge is 2.13. The molecule has 204 valence electrons. The predicted molar refractivity (Wildman–Crippen MR) is 153 cm³/mol. The summed E-state index contributed by atoms with van der Waals surface area (Å²) >= 11 is 0. The van der Waals surface area contributed by atoms with Crippen LogP contribution in [0.3, 0.4) is 0 Å². The molecule has 0 radical (unpaired) electrons. The Morgan fingerprint density at radius 1 is 0.667 bits per heavy atom. The lowest BCUT2D eigenvalue weighted by molar-refractivity contribution is -0.137. The van der Waals surface area contributed by atoms with E-state index >= 15 is 0 Å². The average molecular weight is 477 g/mol. The van der Waals surface area contributed by atoms with Crippen molar-refractivity contribution < 1.29 is 19.1 Å². The Kier molecular flexibility index (Phi) is 60.4. The van der Waals surface area contributed by atoms with E-state index in [0.29, 0.717) is 0 Å². The lowest BCUT2D eigenvalue weighted by atomic mass is 9.84. The largest absolute Gasteiger partial charge is 0.469 e. The summed E-state index contributed by atoms with van der Waals surface area (Å²) in [6, 6.07) is 8.48.